The zero-order valence-electron chi connectivity index (χ0n) is 11.3. The van der Waals surface area contributed by atoms with Crippen molar-refractivity contribution in [1.82, 2.24) is 5.32 Å². The molecule has 1 aromatic carbocycles. The number of hydrogen-bond acceptors (Lipinski definition) is 7. The minimum Gasteiger partial charge on any atom is -0.351 e. The number of nitrogens with two attached hydrogens (primary N) is 1. The Morgan fingerprint density at radius 2 is 2.10 bits per heavy atom. The van der Waals surface area contributed by atoms with Gasteiger partial charge in [0.2, 0.25) is 0 Å². The molecule has 10 heteroatoms. The Balaban J connectivity index is 2.88. The van der Waals surface area contributed by atoms with Crippen molar-refractivity contribution in [2.75, 3.05) is 23.5 Å². The van der Waals surface area contributed by atoms with Crippen molar-refractivity contribution < 1.29 is 18.1 Å². The first kappa shape index (κ1) is 16.9. The average Bonchev–Trinajstić information content (AvgIpc) is 2.46. The van der Waals surface area contributed by atoms with Gasteiger partial charge >= 0.3 is 0 Å². The Kier molecular flexibility index (Phi) is 5.61. The van der Waals surface area contributed by atoms with E-state index >= 15 is 0 Å². The van der Waals surface area contributed by atoms with Gasteiger partial charge in [0, 0.05) is 24.1 Å². The number of benzene rings is 1. The Morgan fingerprint density at radius 1 is 1.43 bits per heavy atom. The number of rotatable bonds is 7. The summed E-state index contributed by atoms with van der Waals surface area (Å²) in [7, 11) is -3.22. The molecule has 1 aromatic rings. The average molecular weight is 316 g/mol. The van der Waals surface area contributed by atoms with Crippen molar-refractivity contribution in [3.8, 4) is 0 Å². The van der Waals surface area contributed by atoms with E-state index in [-0.39, 0.29) is 29.3 Å². The van der Waals surface area contributed by atoms with Crippen molar-refractivity contribution in [1.29, 1.82) is 0 Å². The summed E-state index contributed by atoms with van der Waals surface area (Å²) in [5.74, 6) is 4.20. The predicted octanol–water partition coefficient (Wildman–Crippen LogP) is 0.0449. The zero-order valence-corrected chi connectivity index (χ0v) is 12.1. The van der Waals surface area contributed by atoms with Gasteiger partial charge in [0.15, 0.2) is 9.84 Å². The number of carbonyl (C=O) groups excluding carboxylic acids is 1. The number of nitrogens with zero attached hydrogens (tertiary/aromatic N) is 1. The minimum atomic E-state index is -3.22. The molecule has 0 aromatic heterocycles. The maximum Gasteiger partial charge on any atom is 0.282 e. The van der Waals surface area contributed by atoms with E-state index in [1.54, 1.807) is 0 Å². The minimum absolute atomic E-state index is 0.0321. The number of nitrogen functional groups attached to an aromatic ring is 1. The molecule has 0 radical (unpaired) electrons. The topological polar surface area (TPSA) is 144 Å². The van der Waals surface area contributed by atoms with Crippen LogP contribution in [0.25, 0.3) is 0 Å². The van der Waals surface area contributed by atoms with E-state index in [1.165, 1.54) is 19.1 Å². The lowest BCUT2D eigenvalue weighted by Crippen LogP contribution is -2.30. The number of hydrazine groups is 1. The van der Waals surface area contributed by atoms with Gasteiger partial charge in [-0.3, -0.25) is 20.8 Å². The van der Waals surface area contributed by atoms with Crippen LogP contribution in [0.3, 0.4) is 0 Å². The molecule has 0 aliphatic heterocycles. The molecule has 0 fully saturated rings. The first-order valence-corrected chi connectivity index (χ1v) is 7.86. The zero-order chi connectivity index (χ0) is 16.0. The molecular weight excluding hydrogens is 300 g/mol. The highest BCUT2D eigenvalue weighted by atomic mass is 32.2. The highest BCUT2D eigenvalue weighted by molar-refractivity contribution is 7.91. The van der Waals surface area contributed by atoms with Crippen molar-refractivity contribution >= 4 is 27.1 Å². The fraction of sp³-hybridized carbons (Fsp3) is 0.364. The highest BCUT2D eigenvalue weighted by Gasteiger charge is 2.20. The fourth-order valence-corrected chi connectivity index (χ4v) is 2.23. The Labute approximate surface area is 121 Å². The lowest BCUT2D eigenvalue weighted by Gasteiger charge is -2.07. The second-order valence-corrected chi connectivity index (χ2v) is 6.60. The predicted molar refractivity (Wildman–Crippen MR) is 77.6 cm³/mol. The largest absolute Gasteiger partial charge is 0.351 e. The maximum atomic E-state index is 11.9. The molecule has 21 heavy (non-hydrogen) atoms. The van der Waals surface area contributed by atoms with Crippen molar-refractivity contribution in [2.45, 2.75) is 6.92 Å². The molecule has 4 N–H and O–H groups in total. The van der Waals surface area contributed by atoms with Gasteiger partial charge in [-0.25, -0.2) is 8.42 Å². The van der Waals surface area contributed by atoms with Gasteiger partial charge < -0.3 is 10.7 Å². The number of carbonyl (C=O) groups is 1. The first-order valence-electron chi connectivity index (χ1n) is 6.04. The summed E-state index contributed by atoms with van der Waals surface area (Å²) < 4.78 is 22.6. The van der Waals surface area contributed by atoms with E-state index in [0.29, 0.717) is 5.69 Å². The van der Waals surface area contributed by atoms with Crippen LogP contribution in [-0.2, 0) is 9.84 Å². The normalized spacial score (nSPS) is 11.0. The van der Waals surface area contributed by atoms with Crippen LogP contribution in [-0.4, -0.2) is 37.3 Å². The number of sulfone groups is 1. The van der Waals surface area contributed by atoms with Gasteiger partial charge in [-0.15, -0.1) is 0 Å². The second kappa shape index (κ2) is 6.99. The molecule has 1 rings (SSSR count). The molecule has 1 amide bonds. The third-order valence-corrected chi connectivity index (χ3v) is 4.45. The summed E-state index contributed by atoms with van der Waals surface area (Å²) in [5.41, 5.74) is 2.03. The van der Waals surface area contributed by atoms with Gasteiger partial charge in [0.1, 0.15) is 5.56 Å². The summed E-state index contributed by atoms with van der Waals surface area (Å²) >= 11 is 0. The number of nitrogens with one attached hydrogen (secondary N) is 2. The second-order valence-electron chi connectivity index (χ2n) is 4.13. The number of nitro groups is 1. The SMILES string of the molecule is CCS(=O)(=O)CCNC(=O)c1cc(NN)ccc1[N+](=O)[O-]. The van der Waals surface area contributed by atoms with E-state index < -0.39 is 20.7 Å². The molecule has 0 saturated heterocycles. The molecule has 9 nitrogen and oxygen atoms in total. The summed E-state index contributed by atoms with van der Waals surface area (Å²) in [6, 6.07) is 3.73. The van der Waals surface area contributed by atoms with Crippen LogP contribution in [0.1, 0.15) is 17.3 Å². The number of nitro benzene ring substituents is 1. The molecule has 0 atom stereocenters. The smallest absolute Gasteiger partial charge is 0.282 e. The van der Waals surface area contributed by atoms with Gasteiger partial charge in [0.05, 0.1) is 10.7 Å². The van der Waals surface area contributed by atoms with Gasteiger partial charge in [-0.2, -0.15) is 0 Å². The van der Waals surface area contributed by atoms with Crippen LogP contribution in [0.4, 0.5) is 11.4 Å². The van der Waals surface area contributed by atoms with E-state index in [4.69, 9.17) is 5.84 Å². The Morgan fingerprint density at radius 3 is 2.62 bits per heavy atom. The molecule has 0 bridgehead atoms. The number of anilines is 1. The first-order chi connectivity index (χ1) is 9.80. The maximum absolute atomic E-state index is 11.9. The molecule has 116 valence electrons. The molecule has 0 spiro atoms. The van der Waals surface area contributed by atoms with Crippen LogP contribution < -0.4 is 16.6 Å². The Hall–Kier alpha value is -2.20. The van der Waals surface area contributed by atoms with Crippen LogP contribution >= 0.6 is 0 Å². The molecule has 0 aliphatic rings. The highest BCUT2D eigenvalue weighted by Crippen LogP contribution is 2.22. The molecular formula is C11H16N4O5S. The van der Waals surface area contributed by atoms with Gasteiger partial charge in [0.25, 0.3) is 11.6 Å². The summed E-state index contributed by atoms with van der Waals surface area (Å²) in [5, 5.41) is 13.2. The third kappa shape index (κ3) is 4.68. The lowest BCUT2D eigenvalue weighted by molar-refractivity contribution is -0.385. The van der Waals surface area contributed by atoms with E-state index in [9.17, 15) is 23.3 Å². The van der Waals surface area contributed by atoms with Crippen LogP contribution in [0.5, 0.6) is 0 Å². The number of amides is 1. The summed E-state index contributed by atoms with van der Waals surface area (Å²) in [4.78, 5) is 22.1. The fourth-order valence-electron chi connectivity index (χ4n) is 1.53. The molecule has 0 aliphatic carbocycles. The van der Waals surface area contributed by atoms with Crippen LogP contribution in [0.15, 0.2) is 18.2 Å². The van der Waals surface area contributed by atoms with Gasteiger partial charge in [-0.1, -0.05) is 6.92 Å². The third-order valence-electron chi connectivity index (χ3n) is 2.74. The standard InChI is InChI=1S/C11H16N4O5S/c1-2-21(19,20)6-5-13-11(16)9-7-8(14-12)3-4-10(9)15(17)18/h3-4,7,14H,2,5-6,12H2,1H3,(H,13,16). The lowest BCUT2D eigenvalue weighted by atomic mass is 10.1. The van der Waals surface area contributed by atoms with Crippen LogP contribution in [0.2, 0.25) is 0 Å². The van der Waals surface area contributed by atoms with E-state index in [1.807, 2.05) is 0 Å². The monoisotopic (exact) mass is 316 g/mol. The van der Waals surface area contributed by atoms with Gasteiger partial charge in [-0.05, 0) is 12.1 Å². The molecule has 0 saturated carbocycles. The molecule has 0 heterocycles. The van der Waals surface area contributed by atoms with Crippen molar-refractivity contribution in [3.63, 3.8) is 0 Å². The number of hydrogen-bond donors (Lipinski definition) is 3. The summed E-state index contributed by atoms with van der Waals surface area (Å²) in [6.07, 6.45) is 0. The Bertz CT molecular complexity index is 644. The van der Waals surface area contributed by atoms with Crippen LogP contribution in [0, 0.1) is 10.1 Å². The van der Waals surface area contributed by atoms with E-state index in [2.05, 4.69) is 10.7 Å². The van der Waals surface area contributed by atoms with Crippen molar-refractivity contribution in [2.24, 2.45) is 5.84 Å². The van der Waals surface area contributed by atoms with E-state index in [0.717, 1.165) is 6.07 Å². The summed E-state index contributed by atoms with van der Waals surface area (Å²) in [6.45, 7) is 1.38. The quantitative estimate of drug-likeness (QED) is 0.366. The van der Waals surface area contributed by atoms with Crippen molar-refractivity contribution in [3.05, 3.63) is 33.9 Å². The molecule has 0 unspecified atom stereocenters.